The van der Waals surface area contributed by atoms with Crippen molar-refractivity contribution in [2.45, 2.75) is 13.3 Å². The van der Waals surface area contributed by atoms with Crippen LogP contribution in [-0.4, -0.2) is 48.7 Å². The van der Waals surface area contributed by atoms with Gasteiger partial charge in [0.15, 0.2) is 0 Å². The van der Waals surface area contributed by atoms with Crippen molar-refractivity contribution in [3.8, 4) is 0 Å². The lowest BCUT2D eigenvalue weighted by Gasteiger charge is -2.25. The standard InChI is InChI=1S/C14H18N4O2/c1-8-16-12-11(2-3-15-14(12)19)13(17-8)18-4-9-6-20-7-10(9)5-18/h9-10H,2-7H2,1H3,(H,15,19)/t9-,10+. The Balaban J connectivity index is 1.73. The van der Waals surface area contributed by atoms with Gasteiger partial charge in [-0.3, -0.25) is 4.79 Å². The summed E-state index contributed by atoms with van der Waals surface area (Å²) < 4.78 is 5.53. The number of amides is 1. The highest BCUT2D eigenvalue weighted by atomic mass is 16.5. The van der Waals surface area contributed by atoms with E-state index in [-0.39, 0.29) is 5.91 Å². The third kappa shape index (κ3) is 1.78. The summed E-state index contributed by atoms with van der Waals surface area (Å²) in [5.74, 6) is 2.79. The van der Waals surface area contributed by atoms with Gasteiger partial charge in [-0.25, -0.2) is 9.97 Å². The van der Waals surface area contributed by atoms with E-state index in [1.165, 1.54) is 0 Å². The highest BCUT2D eigenvalue weighted by Crippen LogP contribution is 2.34. The van der Waals surface area contributed by atoms with Crippen molar-refractivity contribution in [3.05, 3.63) is 17.1 Å². The average Bonchev–Trinajstić information content (AvgIpc) is 3.00. The third-order valence-electron chi connectivity index (χ3n) is 4.51. The predicted molar refractivity (Wildman–Crippen MR) is 72.8 cm³/mol. The molecular weight excluding hydrogens is 256 g/mol. The van der Waals surface area contributed by atoms with Gasteiger partial charge in [0.2, 0.25) is 0 Å². The number of anilines is 1. The summed E-state index contributed by atoms with van der Waals surface area (Å²) in [6.07, 6.45) is 0.818. The molecule has 0 saturated carbocycles. The summed E-state index contributed by atoms with van der Waals surface area (Å²) in [7, 11) is 0. The van der Waals surface area contributed by atoms with E-state index < -0.39 is 0 Å². The molecule has 1 aromatic heterocycles. The van der Waals surface area contributed by atoms with Crippen LogP contribution in [0.2, 0.25) is 0 Å². The Bertz CT molecular complexity index is 563. The molecule has 0 aromatic carbocycles. The highest BCUT2D eigenvalue weighted by Gasteiger charge is 2.39. The van der Waals surface area contributed by atoms with Gasteiger partial charge in [-0.05, 0) is 13.3 Å². The van der Waals surface area contributed by atoms with E-state index in [9.17, 15) is 4.79 Å². The van der Waals surface area contributed by atoms with Crippen molar-refractivity contribution >= 4 is 11.7 Å². The molecule has 2 atom stereocenters. The first kappa shape index (κ1) is 12.1. The van der Waals surface area contributed by atoms with Crippen molar-refractivity contribution in [2.24, 2.45) is 11.8 Å². The van der Waals surface area contributed by atoms with Crippen LogP contribution in [0, 0.1) is 18.8 Å². The molecule has 6 nitrogen and oxygen atoms in total. The Labute approximate surface area is 117 Å². The Morgan fingerprint density at radius 1 is 1.25 bits per heavy atom. The first-order valence-electron chi connectivity index (χ1n) is 7.21. The van der Waals surface area contributed by atoms with Crippen LogP contribution in [-0.2, 0) is 11.2 Å². The van der Waals surface area contributed by atoms with Crippen molar-refractivity contribution in [2.75, 3.05) is 37.7 Å². The Hall–Kier alpha value is -1.69. The number of hydrogen-bond acceptors (Lipinski definition) is 5. The fraction of sp³-hybridized carbons (Fsp3) is 0.643. The van der Waals surface area contributed by atoms with Crippen LogP contribution < -0.4 is 10.2 Å². The maximum absolute atomic E-state index is 12.0. The van der Waals surface area contributed by atoms with Gasteiger partial charge in [-0.1, -0.05) is 0 Å². The second-order valence-corrected chi connectivity index (χ2v) is 5.89. The number of fused-ring (bicyclic) bond motifs is 2. The molecule has 0 spiro atoms. The zero-order valence-electron chi connectivity index (χ0n) is 11.6. The maximum atomic E-state index is 12.0. The van der Waals surface area contributed by atoms with Crippen LogP contribution in [0.1, 0.15) is 21.9 Å². The molecule has 1 amide bonds. The van der Waals surface area contributed by atoms with Crippen LogP contribution >= 0.6 is 0 Å². The Morgan fingerprint density at radius 3 is 2.75 bits per heavy atom. The molecule has 6 heteroatoms. The van der Waals surface area contributed by atoms with E-state index in [2.05, 4.69) is 20.2 Å². The number of hydrogen-bond donors (Lipinski definition) is 1. The van der Waals surface area contributed by atoms with Crippen molar-refractivity contribution in [1.82, 2.24) is 15.3 Å². The van der Waals surface area contributed by atoms with E-state index in [1.807, 2.05) is 6.92 Å². The minimum atomic E-state index is -0.0688. The average molecular weight is 274 g/mol. The molecule has 0 bridgehead atoms. The van der Waals surface area contributed by atoms with Gasteiger partial charge in [0.05, 0.1) is 13.2 Å². The summed E-state index contributed by atoms with van der Waals surface area (Å²) in [5.41, 5.74) is 1.58. The van der Waals surface area contributed by atoms with Gasteiger partial charge in [-0.2, -0.15) is 0 Å². The number of rotatable bonds is 1. The van der Waals surface area contributed by atoms with E-state index in [0.717, 1.165) is 44.1 Å². The molecule has 4 rings (SSSR count). The number of aryl methyl sites for hydroxylation is 1. The van der Waals surface area contributed by atoms with Gasteiger partial charge in [-0.15, -0.1) is 0 Å². The molecule has 0 aliphatic carbocycles. The second-order valence-electron chi connectivity index (χ2n) is 5.89. The number of ether oxygens (including phenoxy) is 1. The van der Waals surface area contributed by atoms with Crippen LogP contribution in [0.25, 0.3) is 0 Å². The predicted octanol–water partition coefficient (Wildman–Crippen LogP) is 0.154. The van der Waals surface area contributed by atoms with Gasteiger partial charge >= 0.3 is 0 Å². The first-order valence-corrected chi connectivity index (χ1v) is 7.21. The molecule has 0 radical (unpaired) electrons. The van der Waals surface area contributed by atoms with Crippen LogP contribution in [0.4, 0.5) is 5.82 Å². The summed E-state index contributed by atoms with van der Waals surface area (Å²) >= 11 is 0. The normalized spacial score (nSPS) is 28.2. The van der Waals surface area contributed by atoms with Gasteiger partial charge in [0.1, 0.15) is 17.3 Å². The van der Waals surface area contributed by atoms with Gasteiger partial charge in [0, 0.05) is 37.0 Å². The molecular formula is C14H18N4O2. The SMILES string of the molecule is Cc1nc2c(c(N3C[C@H]4COC[C@H]4C3)n1)CCNC2=O. The molecule has 1 N–H and O–H groups in total. The van der Waals surface area contributed by atoms with Crippen LogP contribution in [0.15, 0.2) is 0 Å². The molecule has 0 unspecified atom stereocenters. The maximum Gasteiger partial charge on any atom is 0.270 e. The van der Waals surface area contributed by atoms with E-state index >= 15 is 0 Å². The fourth-order valence-electron chi connectivity index (χ4n) is 3.51. The van der Waals surface area contributed by atoms with Crippen molar-refractivity contribution in [1.29, 1.82) is 0 Å². The summed E-state index contributed by atoms with van der Waals surface area (Å²) in [6, 6.07) is 0. The van der Waals surface area contributed by atoms with E-state index in [0.29, 0.717) is 29.9 Å². The minimum Gasteiger partial charge on any atom is -0.381 e. The number of nitrogens with one attached hydrogen (secondary N) is 1. The number of aromatic nitrogens is 2. The van der Waals surface area contributed by atoms with E-state index in [4.69, 9.17) is 4.74 Å². The first-order chi connectivity index (χ1) is 9.72. The topological polar surface area (TPSA) is 67.3 Å². The minimum absolute atomic E-state index is 0.0688. The largest absolute Gasteiger partial charge is 0.381 e. The second kappa shape index (κ2) is 4.41. The lowest BCUT2D eigenvalue weighted by atomic mass is 10.0. The zero-order chi connectivity index (χ0) is 13.7. The fourth-order valence-corrected chi connectivity index (χ4v) is 3.51. The van der Waals surface area contributed by atoms with Crippen LogP contribution in [0.5, 0.6) is 0 Å². The summed E-state index contributed by atoms with van der Waals surface area (Å²) in [6.45, 7) is 6.20. The molecule has 3 aliphatic rings. The van der Waals surface area contributed by atoms with Crippen molar-refractivity contribution in [3.63, 3.8) is 0 Å². The lowest BCUT2D eigenvalue weighted by molar-refractivity contribution is 0.0940. The molecule has 2 saturated heterocycles. The Kier molecular flexibility index (Phi) is 2.66. The third-order valence-corrected chi connectivity index (χ3v) is 4.51. The van der Waals surface area contributed by atoms with E-state index in [1.54, 1.807) is 0 Å². The number of nitrogens with zero attached hydrogens (tertiary/aromatic N) is 3. The molecule has 4 heterocycles. The lowest BCUT2D eigenvalue weighted by Crippen LogP contribution is -2.36. The molecule has 2 fully saturated rings. The van der Waals surface area contributed by atoms with Crippen molar-refractivity contribution < 1.29 is 9.53 Å². The van der Waals surface area contributed by atoms with Gasteiger partial charge in [0.25, 0.3) is 5.91 Å². The summed E-state index contributed by atoms with van der Waals surface area (Å²) in [4.78, 5) is 23.2. The number of carbonyl (C=O) groups is 1. The number of carbonyl (C=O) groups excluding carboxylic acids is 1. The quantitative estimate of drug-likeness (QED) is 0.790. The smallest absolute Gasteiger partial charge is 0.270 e. The molecule has 106 valence electrons. The highest BCUT2D eigenvalue weighted by molar-refractivity contribution is 5.96. The molecule has 1 aromatic rings. The zero-order valence-corrected chi connectivity index (χ0v) is 11.6. The molecule has 20 heavy (non-hydrogen) atoms. The summed E-state index contributed by atoms with van der Waals surface area (Å²) in [5, 5.41) is 2.86. The van der Waals surface area contributed by atoms with Gasteiger partial charge < -0.3 is 15.0 Å². The monoisotopic (exact) mass is 274 g/mol. The molecule has 3 aliphatic heterocycles. The van der Waals surface area contributed by atoms with Crippen LogP contribution in [0.3, 0.4) is 0 Å². The Morgan fingerprint density at radius 2 is 2.00 bits per heavy atom.